The minimum absolute atomic E-state index is 0.00699. The van der Waals surface area contributed by atoms with E-state index < -0.39 is 0 Å². The fourth-order valence-corrected chi connectivity index (χ4v) is 1.51. The topological polar surface area (TPSA) is 38.1 Å². The van der Waals surface area contributed by atoms with E-state index in [0.717, 1.165) is 5.33 Å². The van der Waals surface area contributed by atoms with Gasteiger partial charge in [0.2, 0.25) is 0 Å². The number of aromatic nitrogens is 2. The van der Waals surface area contributed by atoms with Crippen LogP contribution in [0.3, 0.4) is 0 Å². The molecule has 0 aliphatic carbocycles. The Labute approximate surface area is 85.7 Å². The first-order valence-corrected chi connectivity index (χ1v) is 5.07. The number of alkyl halides is 1. The molecule has 0 saturated heterocycles. The van der Waals surface area contributed by atoms with Crippen LogP contribution < -0.4 is 0 Å². The van der Waals surface area contributed by atoms with Gasteiger partial charge < -0.3 is 4.90 Å². The van der Waals surface area contributed by atoms with Crippen LogP contribution in [0.4, 0.5) is 0 Å². The van der Waals surface area contributed by atoms with Gasteiger partial charge in [0.25, 0.3) is 5.91 Å². The van der Waals surface area contributed by atoms with Gasteiger partial charge in [-0.15, -0.1) is 0 Å². The van der Waals surface area contributed by atoms with Crippen LogP contribution in [0.25, 0.3) is 0 Å². The van der Waals surface area contributed by atoms with Gasteiger partial charge in [0.1, 0.15) is 0 Å². The zero-order valence-electron chi connectivity index (χ0n) is 7.70. The molecule has 1 heterocycles. The van der Waals surface area contributed by atoms with Gasteiger partial charge in [-0.2, -0.15) is 5.10 Å². The standard InChI is InChI=1S/C8H12BrN3O/c1-11(4-3-9)8(13)7-5-10-12(2)6-7/h5-6H,3-4H2,1-2H3. The number of hydrogen-bond donors (Lipinski definition) is 0. The molecule has 13 heavy (non-hydrogen) atoms. The molecule has 0 saturated carbocycles. The van der Waals surface area contributed by atoms with Gasteiger partial charge in [0, 0.05) is 32.2 Å². The Hall–Kier alpha value is -0.840. The van der Waals surface area contributed by atoms with Crippen LogP contribution in [0.5, 0.6) is 0 Å². The number of carbonyl (C=O) groups is 1. The summed E-state index contributed by atoms with van der Waals surface area (Å²) >= 11 is 3.28. The van der Waals surface area contributed by atoms with E-state index >= 15 is 0 Å². The zero-order chi connectivity index (χ0) is 9.84. The third kappa shape index (κ3) is 2.55. The second-order valence-electron chi connectivity index (χ2n) is 2.82. The molecule has 0 aromatic carbocycles. The van der Waals surface area contributed by atoms with Gasteiger partial charge in [0.05, 0.1) is 11.8 Å². The summed E-state index contributed by atoms with van der Waals surface area (Å²) in [6.07, 6.45) is 3.29. The number of amides is 1. The molecule has 0 aliphatic heterocycles. The van der Waals surface area contributed by atoms with E-state index in [1.165, 1.54) is 0 Å². The molecule has 0 radical (unpaired) electrons. The molecule has 1 amide bonds. The molecule has 1 aromatic rings. The number of aryl methyl sites for hydroxylation is 1. The smallest absolute Gasteiger partial charge is 0.256 e. The van der Waals surface area contributed by atoms with Gasteiger partial charge in [-0.05, 0) is 0 Å². The van der Waals surface area contributed by atoms with E-state index in [-0.39, 0.29) is 5.91 Å². The van der Waals surface area contributed by atoms with Gasteiger partial charge in [-0.25, -0.2) is 0 Å². The first-order valence-electron chi connectivity index (χ1n) is 3.95. The highest BCUT2D eigenvalue weighted by Crippen LogP contribution is 2.01. The normalized spacial score (nSPS) is 10.1. The Balaban J connectivity index is 2.67. The van der Waals surface area contributed by atoms with Crippen molar-refractivity contribution in [2.75, 3.05) is 18.9 Å². The van der Waals surface area contributed by atoms with E-state index in [1.807, 2.05) is 0 Å². The number of hydrogen-bond acceptors (Lipinski definition) is 2. The minimum Gasteiger partial charge on any atom is -0.341 e. The third-order valence-corrected chi connectivity index (χ3v) is 2.07. The van der Waals surface area contributed by atoms with Crippen molar-refractivity contribution in [1.29, 1.82) is 0 Å². The van der Waals surface area contributed by atoms with Crippen molar-refractivity contribution in [2.45, 2.75) is 0 Å². The van der Waals surface area contributed by atoms with Crippen LogP contribution in [0.1, 0.15) is 10.4 Å². The van der Waals surface area contributed by atoms with E-state index in [0.29, 0.717) is 12.1 Å². The Kier molecular flexibility index (Phi) is 3.48. The van der Waals surface area contributed by atoms with Crippen molar-refractivity contribution in [3.8, 4) is 0 Å². The lowest BCUT2D eigenvalue weighted by atomic mass is 10.3. The lowest BCUT2D eigenvalue weighted by molar-refractivity contribution is 0.0804. The van der Waals surface area contributed by atoms with E-state index in [4.69, 9.17) is 0 Å². The Morgan fingerprint density at radius 3 is 2.92 bits per heavy atom. The van der Waals surface area contributed by atoms with Crippen LogP contribution in [0.2, 0.25) is 0 Å². The summed E-state index contributed by atoms with van der Waals surface area (Å²) in [4.78, 5) is 13.3. The Bertz CT molecular complexity index is 297. The maximum Gasteiger partial charge on any atom is 0.256 e. The van der Waals surface area contributed by atoms with Crippen molar-refractivity contribution in [1.82, 2.24) is 14.7 Å². The molecular weight excluding hydrogens is 234 g/mol. The first kappa shape index (κ1) is 10.2. The molecule has 1 aromatic heterocycles. The minimum atomic E-state index is 0.00699. The van der Waals surface area contributed by atoms with Crippen LogP contribution in [0.15, 0.2) is 12.4 Å². The van der Waals surface area contributed by atoms with E-state index in [2.05, 4.69) is 21.0 Å². The van der Waals surface area contributed by atoms with Gasteiger partial charge >= 0.3 is 0 Å². The number of rotatable bonds is 3. The highest BCUT2D eigenvalue weighted by Gasteiger charge is 2.11. The van der Waals surface area contributed by atoms with Crippen molar-refractivity contribution in [3.05, 3.63) is 18.0 Å². The first-order chi connectivity index (χ1) is 6.15. The summed E-state index contributed by atoms with van der Waals surface area (Å²) < 4.78 is 1.62. The lowest BCUT2D eigenvalue weighted by Gasteiger charge is -2.13. The predicted octanol–water partition coefficient (Wildman–Crippen LogP) is 0.887. The van der Waals surface area contributed by atoms with Crippen molar-refractivity contribution in [2.24, 2.45) is 7.05 Å². The van der Waals surface area contributed by atoms with E-state index in [9.17, 15) is 4.79 Å². The molecule has 0 N–H and O–H groups in total. The fourth-order valence-electron chi connectivity index (χ4n) is 0.980. The molecule has 5 heteroatoms. The van der Waals surface area contributed by atoms with Gasteiger partial charge in [-0.1, -0.05) is 15.9 Å². The number of nitrogens with zero attached hydrogens (tertiary/aromatic N) is 3. The SMILES string of the molecule is CN(CCBr)C(=O)c1cnn(C)c1. The summed E-state index contributed by atoms with van der Waals surface area (Å²) in [6.45, 7) is 0.702. The number of halogens is 1. The summed E-state index contributed by atoms with van der Waals surface area (Å²) in [6, 6.07) is 0. The summed E-state index contributed by atoms with van der Waals surface area (Å²) in [5, 5.41) is 4.72. The summed E-state index contributed by atoms with van der Waals surface area (Å²) in [7, 11) is 3.57. The predicted molar refractivity (Wildman–Crippen MR) is 54.0 cm³/mol. The van der Waals surface area contributed by atoms with Crippen molar-refractivity contribution < 1.29 is 4.79 Å². The largest absolute Gasteiger partial charge is 0.341 e. The number of carbonyl (C=O) groups excluding carboxylic acids is 1. The van der Waals surface area contributed by atoms with Crippen LogP contribution in [-0.4, -0.2) is 39.5 Å². The molecule has 0 atom stereocenters. The molecule has 0 bridgehead atoms. The average Bonchev–Trinajstić information content (AvgIpc) is 2.51. The highest BCUT2D eigenvalue weighted by atomic mass is 79.9. The summed E-state index contributed by atoms with van der Waals surface area (Å²) in [5.41, 5.74) is 0.631. The second-order valence-corrected chi connectivity index (χ2v) is 3.61. The second kappa shape index (κ2) is 4.41. The Morgan fingerprint density at radius 1 is 1.77 bits per heavy atom. The third-order valence-electron chi connectivity index (χ3n) is 1.72. The van der Waals surface area contributed by atoms with Gasteiger partial charge in [0.15, 0.2) is 0 Å². The molecule has 0 unspecified atom stereocenters. The van der Waals surface area contributed by atoms with Crippen LogP contribution in [-0.2, 0) is 7.05 Å². The molecule has 72 valence electrons. The van der Waals surface area contributed by atoms with Crippen LogP contribution >= 0.6 is 15.9 Å². The monoisotopic (exact) mass is 245 g/mol. The van der Waals surface area contributed by atoms with Crippen molar-refractivity contribution in [3.63, 3.8) is 0 Å². The van der Waals surface area contributed by atoms with Gasteiger partial charge in [-0.3, -0.25) is 9.48 Å². The fraction of sp³-hybridized carbons (Fsp3) is 0.500. The van der Waals surface area contributed by atoms with Crippen LogP contribution in [0, 0.1) is 0 Å². The quantitative estimate of drug-likeness (QED) is 0.743. The molecular formula is C8H12BrN3O. The molecule has 0 fully saturated rings. The highest BCUT2D eigenvalue weighted by molar-refractivity contribution is 9.09. The molecule has 4 nitrogen and oxygen atoms in total. The summed E-state index contributed by atoms with van der Waals surface area (Å²) in [5.74, 6) is 0.00699. The average molecular weight is 246 g/mol. The Morgan fingerprint density at radius 2 is 2.46 bits per heavy atom. The molecule has 1 rings (SSSR count). The van der Waals surface area contributed by atoms with E-state index in [1.54, 1.807) is 36.1 Å². The maximum absolute atomic E-state index is 11.6. The maximum atomic E-state index is 11.6. The van der Waals surface area contributed by atoms with Crippen molar-refractivity contribution >= 4 is 21.8 Å². The lowest BCUT2D eigenvalue weighted by Crippen LogP contribution is -2.28. The zero-order valence-corrected chi connectivity index (χ0v) is 9.28. The molecule has 0 aliphatic rings. The molecule has 0 spiro atoms.